The molecule has 0 N–H and O–H groups in total. The molecule has 5 nitrogen and oxygen atoms in total. The number of hydrogen-bond acceptors (Lipinski definition) is 5. The third-order valence-electron chi connectivity index (χ3n) is 3.37. The molecule has 0 aliphatic carbocycles. The molecule has 2 aromatic carbocycles. The summed E-state index contributed by atoms with van der Waals surface area (Å²) in [5.41, 5.74) is 0.657. The molecule has 2 aromatic rings. The predicted octanol–water partition coefficient (Wildman–Crippen LogP) is 3.79. The number of benzene rings is 2. The smallest absolute Gasteiger partial charge is 0.339 e. The molecule has 0 aliphatic heterocycles. The van der Waals surface area contributed by atoms with Crippen LogP contribution in [0, 0.1) is 0 Å². The Labute approximate surface area is 145 Å². The first-order valence-corrected chi connectivity index (χ1v) is 7.56. The van der Waals surface area contributed by atoms with Crippen molar-refractivity contribution >= 4 is 23.4 Å². The summed E-state index contributed by atoms with van der Waals surface area (Å²) in [6.07, 6.45) is -0.934. The summed E-state index contributed by atoms with van der Waals surface area (Å²) in [7, 11) is 2.97. The van der Waals surface area contributed by atoms with E-state index in [0.717, 1.165) is 0 Å². The molecule has 0 radical (unpaired) electrons. The summed E-state index contributed by atoms with van der Waals surface area (Å²) in [5, 5.41) is 0.527. The zero-order chi connectivity index (χ0) is 17.7. The molecule has 24 heavy (non-hydrogen) atoms. The maximum absolute atomic E-state index is 12.3. The molecule has 0 unspecified atom stereocenters. The van der Waals surface area contributed by atoms with Gasteiger partial charge >= 0.3 is 5.97 Å². The van der Waals surface area contributed by atoms with Crippen LogP contribution in [-0.2, 0) is 4.74 Å². The lowest BCUT2D eigenvalue weighted by Crippen LogP contribution is -2.24. The van der Waals surface area contributed by atoms with Crippen molar-refractivity contribution in [3.05, 3.63) is 58.6 Å². The van der Waals surface area contributed by atoms with Crippen molar-refractivity contribution < 1.29 is 23.8 Å². The minimum atomic E-state index is -0.934. The van der Waals surface area contributed by atoms with Crippen LogP contribution in [0.5, 0.6) is 11.5 Å². The normalized spacial score (nSPS) is 11.5. The van der Waals surface area contributed by atoms with Gasteiger partial charge in [0.2, 0.25) is 5.78 Å². The summed E-state index contributed by atoms with van der Waals surface area (Å²) < 4.78 is 15.5. The van der Waals surface area contributed by atoms with E-state index in [1.165, 1.54) is 33.3 Å². The highest BCUT2D eigenvalue weighted by Crippen LogP contribution is 2.23. The van der Waals surface area contributed by atoms with E-state index >= 15 is 0 Å². The van der Waals surface area contributed by atoms with E-state index in [1.807, 2.05) is 0 Å². The second kappa shape index (κ2) is 7.84. The van der Waals surface area contributed by atoms with Gasteiger partial charge in [-0.15, -0.1) is 0 Å². The third-order valence-corrected chi connectivity index (χ3v) is 3.62. The zero-order valence-electron chi connectivity index (χ0n) is 13.5. The van der Waals surface area contributed by atoms with Crippen LogP contribution in [0.4, 0.5) is 0 Å². The highest BCUT2D eigenvalue weighted by atomic mass is 35.5. The molecule has 0 aromatic heterocycles. The lowest BCUT2D eigenvalue weighted by molar-refractivity contribution is 0.0318. The van der Waals surface area contributed by atoms with Gasteiger partial charge in [-0.3, -0.25) is 4.79 Å². The second-order valence-electron chi connectivity index (χ2n) is 5.02. The van der Waals surface area contributed by atoms with Crippen molar-refractivity contribution in [1.29, 1.82) is 0 Å². The van der Waals surface area contributed by atoms with Gasteiger partial charge in [0.25, 0.3) is 0 Å². The molecule has 0 fully saturated rings. The lowest BCUT2D eigenvalue weighted by atomic mass is 10.1. The molecule has 6 heteroatoms. The van der Waals surface area contributed by atoms with Gasteiger partial charge in [0.05, 0.1) is 19.8 Å². The highest BCUT2D eigenvalue weighted by molar-refractivity contribution is 6.30. The Morgan fingerprint density at radius 1 is 0.917 bits per heavy atom. The first-order valence-electron chi connectivity index (χ1n) is 7.18. The molecule has 126 valence electrons. The number of methoxy groups -OCH3 is 2. The number of rotatable bonds is 6. The number of esters is 1. The Hall–Kier alpha value is -2.53. The zero-order valence-corrected chi connectivity index (χ0v) is 14.3. The molecule has 0 saturated heterocycles. The van der Waals surface area contributed by atoms with Crippen molar-refractivity contribution in [1.82, 2.24) is 0 Å². The number of carbonyl (C=O) groups excluding carboxylic acids is 2. The largest absolute Gasteiger partial charge is 0.497 e. The van der Waals surface area contributed by atoms with Gasteiger partial charge in [0, 0.05) is 16.7 Å². The quantitative estimate of drug-likeness (QED) is 0.587. The van der Waals surface area contributed by atoms with Crippen molar-refractivity contribution in [3.8, 4) is 11.5 Å². The Balaban J connectivity index is 2.13. The maximum atomic E-state index is 12.3. The molecule has 0 spiro atoms. The van der Waals surface area contributed by atoms with Gasteiger partial charge in [-0.1, -0.05) is 11.6 Å². The lowest BCUT2D eigenvalue weighted by Gasteiger charge is -2.13. The van der Waals surface area contributed by atoms with Gasteiger partial charge in [0.1, 0.15) is 11.5 Å². The first kappa shape index (κ1) is 17.8. The van der Waals surface area contributed by atoms with E-state index in [-0.39, 0.29) is 11.3 Å². The summed E-state index contributed by atoms with van der Waals surface area (Å²) in [4.78, 5) is 24.6. The van der Waals surface area contributed by atoms with Gasteiger partial charge in [0.15, 0.2) is 6.10 Å². The molecular formula is C18H17ClO5. The number of Topliss-reactive ketones (excluding diaryl/α,β-unsaturated/α-hetero) is 1. The Kier molecular flexibility index (Phi) is 5.82. The average molecular weight is 349 g/mol. The number of carbonyl (C=O) groups is 2. The van der Waals surface area contributed by atoms with E-state index in [4.69, 9.17) is 25.8 Å². The van der Waals surface area contributed by atoms with Gasteiger partial charge in [-0.05, 0) is 43.3 Å². The van der Waals surface area contributed by atoms with Gasteiger partial charge < -0.3 is 14.2 Å². The SMILES string of the molecule is COc1cc(OC)cc(C(=O)O[C@@H](C)C(=O)c2ccc(Cl)cc2)c1. The van der Waals surface area contributed by atoms with E-state index in [9.17, 15) is 9.59 Å². The van der Waals surface area contributed by atoms with Gasteiger partial charge in [-0.2, -0.15) is 0 Å². The van der Waals surface area contributed by atoms with Crippen molar-refractivity contribution in [3.63, 3.8) is 0 Å². The van der Waals surface area contributed by atoms with Crippen molar-refractivity contribution in [2.24, 2.45) is 0 Å². The van der Waals surface area contributed by atoms with Crippen molar-refractivity contribution in [2.75, 3.05) is 14.2 Å². The van der Waals surface area contributed by atoms with E-state index in [0.29, 0.717) is 22.1 Å². The van der Waals surface area contributed by atoms with Crippen LogP contribution in [-0.4, -0.2) is 32.1 Å². The minimum absolute atomic E-state index is 0.238. The summed E-state index contributed by atoms with van der Waals surface area (Å²) >= 11 is 5.80. The molecule has 2 rings (SSSR count). The number of halogens is 1. The minimum Gasteiger partial charge on any atom is -0.497 e. The average Bonchev–Trinajstić information content (AvgIpc) is 2.61. The number of ketones is 1. The van der Waals surface area contributed by atoms with Crippen LogP contribution in [0.25, 0.3) is 0 Å². The van der Waals surface area contributed by atoms with Crippen LogP contribution < -0.4 is 9.47 Å². The van der Waals surface area contributed by atoms with Crippen LogP contribution in [0.1, 0.15) is 27.6 Å². The first-order chi connectivity index (χ1) is 11.4. The number of hydrogen-bond donors (Lipinski definition) is 0. The molecule has 1 atom stereocenters. The van der Waals surface area contributed by atoms with Crippen LogP contribution in [0.3, 0.4) is 0 Å². The Bertz CT molecular complexity index is 717. The molecule has 0 bridgehead atoms. The topological polar surface area (TPSA) is 61.8 Å². The fourth-order valence-electron chi connectivity index (χ4n) is 2.06. The molecule has 0 heterocycles. The van der Waals surface area contributed by atoms with E-state index in [2.05, 4.69) is 0 Å². The number of ether oxygens (including phenoxy) is 3. The van der Waals surface area contributed by atoms with E-state index < -0.39 is 12.1 Å². The Morgan fingerprint density at radius 3 is 1.96 bits per heavy atom. The standard InChI is InChI=1S/C18H17ClO5/c1-11(17(20)12-4-6-14(19)7-5-12)24-18(21)13-8-15(22-2)10-16(9-13)23-3/h4-11H,1-3H3/t11-/m0/s1. The molecule has 0 amide bonds. The second-order valence-corrected chi connectivity index (χ2v) is 5.46. The summed E-state index contributed by atoms with van der Waals surface area (Å²) in [6.45, 7) is 1.52. The molecule has 0 aliphatic rings. The van der Waals surface area contributed by atoms with E-state index in [1.54, 1.807) is 30.3 Å². The fraction of sp³-hybridized carbons (Fsp3) is 0.222. The highest BCUT2D eigenvalue weighted by Gasteiger charge is 2.21. The van der Waals surface area contributed by atoms with Crippen molar-refractivity contribution in [2.45, 2.75) is 13.0 Å². The molecule has 0 saturated carbocycles. The third kappa shape index (κ3) is 4.26. The van der Waals surface area contributed by atoms with Crippen LogP contribution in [0.2, 0.25) is 5.02 Å². The Morgan fingerprint density at radius 2 is 1.46 bits per heavy atom. The van der Waals surface area contributed by atoms with Crippen LogP contribution >= 0.6 is 11.6 Å². The summed E-state index contributed by atoms with van der Waals surface area (Å²) in [5.74, 6) is -0.0344. The maximum Gasteiger partial charge on any atom is 0.339 e. The predicted molar refractivity (Wildman–Crippen MR) is 90.2 cm³/mol. The van der Waals surface area contributed by atoms with Gasteiger partial charge in [-0.25, -0.2) is 4.79 Å². The fourth-order valence-corrected chi connectivity index (χ4v) is 2.18. The van der Waals surface area contributed by atoms with Crippen LogP contribution in [0.15, 0.2) is 42.5 Å². The molecular weight excluding hydrogens is 332 g/mol. The summed E-state index contributed by atoms with van der Waals surface area (Å²) in [6, 6.07) is 11.1. The monoisotopic (exact) mass is 348 g/mol.